The fourth-order valence-electron chi connectivity index (χ4n) is 3.47. The lowest BCUT2D eigenvalue weighted by molar-refractivity contribution is -0.123. The van der Waals surface area contributed by atoms with E-state index in [-0.39, 0.29) is 23.9 Å². The molecule has 2 aromatic carbocycles. The third-order valence-electron chi connectivity index (χ3n) is 5.50. The second-order valence-electron chi connectivity index (χ2n) is 8.39. The fourth-order valence-corrected chi connectivity index (χ4v) is 3.68. The molecule has 38 heavy (non-hydrogen) atoms. The van der Waals surface area contributed by atoms with Crippen LogP contribution < -0.4 is 25.4 Å². The fraction of sp³-hybridized carbons (Fsp3) is 0.296. The molecule has 0 radical (unpaired) electrons. The van der Waals surface area contributed by atoms with Crippen molar-refractivity contribution in [2.24, 2.45) is 0 Å². The lowest BCUT2D eigenvalue weighted by atomic mass is 10.1. The van der Waals surface area contributed by atoms with E-state index in [0.717, 1.165) is 5.56 Å². The van der Waals surface area contributed by atoms with Crippen molar-refractivity contribution < 1.29 is 23.9 Å². The first kappa shape index (κ1) is 28.4. The summed E-state index contributed by atoms with van der Waals surface area (Å²) < 4.78 is 11.0. The maximum Gasteiger partial charge on any atom is 0.255 e. The normalized spacial score (nSPS) is 11.2. The molecular formula is C27H30ClN5O5. The van der Waals surface area contributed by atoms with Crippen LogP contribution in [-0.2, 0) is 16.1 Å². The van der Waals surface area contributed by atoms with Gasteiger partial charge < -0.3 is 25.4 Å². The summed E-state index contributed by atoms with van der Waals surface area (Å²) in [7, 11) is 1.56. The zero-order chi connectivity index (χ0) is 27.3. The molecule has 3 aromatic rings. The number of aromatic nitrogens is 2. The van der Waals surface area contributed by atoms with Gasteiger partial charge in [-0.1, -0.05) is 23.7 Å². The van der Waals surface area contributed by atoms with Crippen LogP contribution in [0.25, 0.3) is 0 Å². The van der Waals surface area contributed by atoms with Crippen molar-refractivity contribution in [1.82, 2.24) is 25.9 Å². The molecule has 0 bridgehead atoms. The Kier molecular flexibility index (Phi) is 10.9. The van der Waals surface area contributed by atoms with Crippen molar-refractivity contribution in [2.45, 2.75) is 38.8 Å². The second kappa shape index (κ2) is 14.5. The van der Waals surface area contributed by atoms with E-state index in [1.165, 1.54) is 25.6 Å². The van der Waals surface area contributed by atoms with Crippen LogP contribution in [0.2, 0.25) is 5.02 Å². The van der Waals surface area contributed by atoms with Gasteiger partial charge >= 0.3 is 0 Å². The number of nitrogens with one attached hydrogen (secondary N) is 3. The van der Waals surface area contributed by atoms with Gasteiger partial charge in [0.15, 0.2) is 0 Å². The minimum absolute atomic E-state index is 0.111. The number of nitrogens with zero attached hydrogens (tertiary/aromatic N) is 2. The van der Waals surface area contributed by atoms with Crippen LogP contribution in [0.15, 0.2) is 61.2 Å². The maximum absolute atomic E-state index is 13.0. The van der Waals surface area contributed by atoms with Gasteiger partial charge in [0.25, 0.3) is 5.91 Å². The molecular weight excluding hydrogens is 510 g/mol. The van der Waals surface area contributed by atoms with Crippen LogP contribution in [0, 0.1) is 0 Å². The first-order valence-corrected chi connectivity index (χ1v) is 12.4. The number of hydrogen-bond donors (Lipinski definition) is 3. The molecule has 3 N–H and O–H groups in total. The average Bonchev–Trinajstić information content (AvgIpc) is 2.93. The molecule has 0 saturated heterocycles. The summed E-state index contributed by atoms with van der Waals surface area (Å²) in [5.74, 6) is 0.843. The van der Waals surface area contributed by atoms with E-state index in [9.17, 15) is 14.4 Å². The lowest BCUT2D eigenvalue weighted by Gasteiger charge is -2.19. The Hall–Kier alpha value is -4.18. The Labute approximate surface area is 226 Å². The quantitative estimate of drug-likeness (QED) is 0.282. The van der Waals surface area contributed by atoms with Gasteiger partial charge in [0.2, 0.25) is 11.8 Å². The molecule has 1 heterocycles. The molecule has 0 fully saturated rings. The topological polar surface area (TPSA) is 132 Å². The van der Waals surface area contributed by atoms with Crippen LogP contribution in [0.1, 0.15) is 42.1 Å². The molecule has 200 valence electrons. The number of halogens is 1. The maximum atomic E-state index is 13.0. The highest BCUT2D eigenvalue weighted by molar-refractivity contribution is 6.32. The van der Waals surface area contributed by atoms with Gasteiger partial charge in [-0.3, -0.25) is 14.4 Å². The predicted molar refractivity (Wildman–Crippen MR) is 142 cm³/mol. The van der Waals surface area contributed by atoms with Crippen molar-refractivity contribution >= 4 is 29.3 Å². The van der Waals surface area contributed by atoms with E-state index in [1.807, 2.05) is 12.1 Å². The standard InChI is InChI=1S/C27H30ClN5O5/c1-18(34)31-12-4-3-5-24(33-26(35)20-15-29-17-30-16-20)27(36)32-14-19-6-8-21(9-7-19)38-25-11-10-22(37-2)13-23(25)28/h6-11,13,15-17,24H,3-5,12,14H2,1-2H3,(H,31,34)(H,32,36)(H,33,35)/t24-/m0/s1. The Balaban J connectivity index is 1.56. The molecule has 1 aromatic heterocycles. The van der Waals surface area contributed by atoms with Crippen molar-refractivity contribution in [3.05, 3.63) is 77.3 Å². The Morgan fingerprint density at radius 1 is 0.974 bits per heavy atom. The summed E-state index contributed by atoms with van der Waals surface area (Å²) in [4.78, 5) is 44.3. The third kappa shape index (κ3) is 9.04. The molecule has 3 rings (SSSR count). The van der Waals surface area contributed by atoms with Crippen LogP contribution in [0.3, 0.4) is 0 Å². The summed E-state index contributed by atoms with van der Waals surface area (Å²) in [6.07, 6.45) is 5.80. The molecule has 0 saturated carbocycles. The summed E-state index contributed by atoms with van der Waals surface area (Å²) >= 11 is 6.24. The number of carbonyl (C=O) groups is 3. The predicted octanol–water partition coefficient (Wildman–Crippen LogP) is 3.65. The van der Waals surface area contributed by atoms with E-state index in [4.69, 9.17) is 21.1 Å². The van der Waals surface area contributed by atoms with Crippen molar-refractivity contribution in [3.63, 3.8) is 0 Å². The van der Waals surface area contributed by atoms with Crippen LogP contribution >= 0.6 is 11.6 Å². The summed E-state index contributed by atoms with van der Waals surface area (Å²) in [6.45, 7) is 2.21. The number of hydrogen-bond acceptors (Lipinski definition) is 7. The lowest BCUT2D eigenvalue weighted by Crippen LogP contribution is -2.46. The zero-order valence-corrected chi connectivity index (χ0v) is 22.0. The minimum atomic E-state index is -0.764. The first-order chi connectivity index (χ1) is 18.4. The van der Waals surface area contributed by atoms with E-state index in [1.54, 1.807) is 37.4 Å². The number of amides is 3. The highest BCUT2D eigenvalue weighted by Crippen LogP contribution is 2.32. The number of unbranched alkanes of at least 4 members (excludes halogenated alkanes) is 1. The molecule has 11 heteroatoms. The summed E-state index contributed by atoms with van der Waals surface area (Å²) in [5, 5.41) is 8.78. The molecule has 0 spiro atoms. The highest BCUT2D eigenvalue weighted by atomic mass is 35.5. The number of ether oxygens (including phenoxy) is 2. The SMILES string of the molecule is COc1ccc(Oc2ccc(CNC(=O)[C@H](CCCCNC(C)=O)NC(=O)c3cncnc3)cc2)c(Cl)c1. The molecule has 1 atom stereocenters. The van der Waals surface area contributed by atoms with Gasteiger partial charge in [-0.2, -0.15) is 0 Å². The largest absolute Gasteiger partial charge is 0.497 e. The van der Waals surface area contributed by atoms with Crippen molar-refractivity contribution in [3.8, 4) is 17.2 Å². The number of benzene rings is 2. The number of methoxy groups -OCH3 is 1. The van der Waals surface area contributed by atoms with E-state index < -0.39 is 11.9 Å². The van der Waals surface area contributed by atoms with Gasteiger partial charge in [-0.15, -0.1) is 0 Å². The van der Waals surface area contributed by atoms with Gasteiger partial charge in [0, 0.05) is 38.5 Å². The Bertz CT molecular complexity index is 1220. The van der Waals surface area contributed by atoms with Gasteiger partial charge in [0.05, 0.1) is 17.7 Å². The van der Waals surface area contributed by atoms with Crippen molar-refractivity contribution in [1.29, 1.82) is 0 Å². The Morgan fingerprint density at radius 3 is 2.34 bits per heavy atom. The second-order valence-corrected chi connectivity index (χ2v) is 8.80. The monoisotopic (exact) mass is 539 g/mol. The molecule has 0 aliphatic heterocycles. The molecule has 0 unspecified atom stereocenters. The third-order valence-corrected chi connectivity index (χ3v) is 5.79. The zero-order valence-electron chi connectivity index (χ0n) is 21.2. The first-order valence-electron chi connectivity index (χ1n) is 12.0. The average molecular weight is 540 g/mol. The summed E-state index contributed by atoms with van der Waals surface area (Å²) in [6, 6.07) is 11.6. The minimum Gasteiger partial charge on any atom is -0.497 e. The number of rotatable bonds is 13. The van der Waals surface area contributed by atoms with Crippen molar-refractivity contribution in [2.75, 3.05) is 13.7 Å². The van der Waals surface area contributed by atoms with E-state index in [0.29, 0.717) is 48.1 Å². The van der Waals surface area contributed by atoms with Crippen LogP contribution in [0.4, 0.5) is 0 Å². The molecule has 3 amide bonds. The molecule has 10 nitrogen and oxygen atoms in total. The highest BCUT2D eigenvalue weighted by Gasteiger charge is 2.21. The molecule has 0 aliphatic rings. The Morgan fingerprint density at radius 2 is 1.68 bits per heavy atom. The van der Waals surface area contributed by atoms with Gasteiger partial charge in [0.1, 0.15) is 29.6 Å². The van der Waals surface area contributed by atoms with E-state index >= 15 is 0 Å². The van der Waals surface area contributed by atoms with Gasteiger partial charge in [-0.05, 0) is 49.1 Å². The van der Waals surface area contributed by atoms with Crippen LogP contribution in [0.5, 0.6) is 17.2 Å². The number of carbonyl (C=O) groups excluding carboxylic acids is 3. The van der Waals surface area contributed by atoms with Gasteiger partial charge in [-0.25, -0.2) is 9.97 Å². The van der Waals surface area contributed by atoms with E-state index in [2.05, 4.69) is 25.9 Å². The molecule has 0 aliphatic carbocycles. The smallest absolute Gasteiger partial charge is 0.255 e. The summed E-state index contributed by atoms with van der Waals surface area (Å²) in [5.41, 5.74) is 1.11. The van der Waals surface area contributed by atoms with Crippen LogP contribution in [-0.4, -0.2) is 47.4 Å².